The number of nitrogens with zero attached hydrogens (tertiary/aromatic N) is 2. The van der Waals surface area contributed by atoms with Crippen molar-refractivity contribution in [3.05, 3.63) is 53.0 Å². The van der Waals surface area contributed by atoms with Crippen molar-refractivity contribution >= 4 is 43.5 Å². The highest BCUT2D eigenvalue weighted by atomic mass is 79.9. The van der Waals surface area contributed by atoms with Gasteiger partial charge in [-0.3, -0.25) is 9.59 Å². The minimum absolute atomic E-state index is 0.0779. The molecule has 1 aliphatic rings. The van der Waals surface area contributed by atoms with Gasteiger partial charge in [0.2, 0.25) is 15.9 Å². The molecule has 1 saturated heterocycles. The van der Waals surface area contributed by atoms with Crippen molar-refractivity contribution < 1.29 is 22.7 Å². The monoisotopic (exact) mass is 494 g/mol. The molecule has 2 aromatic rings. The Morgan fingerprint density at radius 3 is 2.27 bits per heavy atom. The zero-order valence-electron chi connectivity index (χ0n) is 16.9. The number of carbonyl (C=O) groups excluding carboxylic acids is 2. The number of ether oxygens (including phenoxy) is 1. The summed E-state index contributed by atoms with van der Waals surface area (Å²) < 4.78 is 33.9. The predicted molar refractivity (Wildman–Crippen MR) is 117 cm³/mol. The Morgan fingerprint density at radius 1 is 1.13 bits per heavy atom. The van der Waals surface area contributed by atoms with Gasteiger partial charge < -0.3 is 4.74 Å². The molecule has 1 fully saturated rings. The van der Waals surface area contributed by atoms with E-state index in [1.165, 1.54) is 23.5 Å². The molecule has 160 valence electrons. The Bertz CT molecular complexity index is 1040. The van der Waals surface area contributed by atoms with Gasteiger partial charge in [0.25, 0.3) is 5.91 Å². The van der Waals surface area contributed by atoms with Crippen LogP contribution in [0, 0.1) is 0 Å². The lowest BCUT2D eigenvalue weighted by Crippen LogP contribution is -2.49. The zero-order chi connectivity index (χ0) is 22.1. The molecule has 2 atom stereocenters. The molecule has 9 heteroatoms. The topological polar surface area (TPSA) is 84.0 Å². The lowest BCUT2D eigenvalue weighted by atomic mass is 10.2. The summed E-state index contributed by atoms with van der Waals surface area (Å²) in [6.07, 6.45) is 0.293. The maximum absolute atomic E-state index is 13.4. The van der Waals surface area contributed by atoms with Crippen molar-refractivity contribution in [2.24, 2.45) is 0 Å². The Balaban J connectivity index is 1.99. The Labute approximate surface area is 184 Å². The van der Waals surface area contributed by atoms with E-state index in [0.717, 1.165) is 9.37 Å². The molecule has 0 saturated carbocycles. The standard InChI is InChI=1S/C21H23BrN2O5S/c1-4-14(2)24(30(27,28)18-11-5-15(22)6-12-18)19-13-20(25)23(21(19)26)16-7-9-17(29-3)10-8-16/h5-12,14,19H,4,13H2,1-3H3. The van der Waals surface area contributed by atoms with Gasteiger partial charge in [-0.1, -0.05) is 22.9 Å². The van der Waals surface area contributed by atoms with Crippen molar-refractivity contribution in [1.29, 1.82) is 0 Å². The number of anilines is 1. The third-order valence-corrected chi connectivity index (χ3v) is 7.74. The molecule has 0 aliphatic carbocycles. The molecule has 2 aromatic carbocycles. The number of halogens is 1. The summed E-state index contributed by atoms with van der Waals surface area (Å²) in [5, 5.41) is 0. The number of methoxy groups -OCH3 is 1. The minimum Gasteiger partial charge on any atom is -0.497 e. The van der Waals surface area contributed by atoms with Gasteiger partial charge in [0.15, 0.2) is 0 Å². The highest BCUT2D eigenvalue weighted by molar-refractivity contribution is 9.10. The SMILES string of the molecule is CCC(C)N(C1CC(=O)N(c2ccc(OC)cc2)C1=O)S(=O)(=O)c1ccc(Br)cc1. The number of benzene rings is 2. The molecule has 1 heterocycles. The molecule has 1 aliphatic heterocycles. The minimum atomic E-state index is -3.99. The normalized spacial score (nSPS) is 18.2. The van der Waals surface area contributed by atoms with E-state index in [2.05, 4.69) is 15.9 Å². The Morgan fingerprint density at radius 2 is 1.73 bits per heavy atom. The van der Waals surface area contributed by atoms with E-state index in [1.54, 1.807) is 43.3 Å². The smallest absolute Gasteiger partial charge is 0.252 e. The number of sulfonamides is 1. The number of carbonyl (C=O) groups is 2. The van der Waals surface area contributed by atoms with Gasteiger partial charge in [0.05, 0.1) is 24.1 Å². The molecule has 0 N–H and O–H groups in total. The lowest BCUT2D eigenvalue weighted by Gasteiger charge is -2.31. The molecule has 0 bridgehead atoms. The van der Waals surface area contributed by atoms with Crippen LogP contribution in [0.2, 0.25) is 0 Å². The quantitative estimate of drug-likeness (QED) is 0.549. The van der Waals surface area contributed by atoms with Crippen molar-refractivity contribution in [1.82, 2.24) is 4.31 Å². The van der Waals surface area contributed by atoms with Crippen LogP contribution in [0.4, 0.5) is 5.69 Å². The van der Waals surface area contributed by atoms with Crippen LogP contribution in [0.3, 0.4) is 0 Å². The van der Waals surface area contributed by atoms with E-state index in [-0.39, 0.29) is 11.3 Å². The fraction of sp³-hybridized carbons (Fsp3) is 0.333. The molecule has 30 heavy (non-hydrogen) atoms. The number of amides is 2. The maximum atomic E-state index is 13.4. The fourth-order valence-electron chi connectivity index (χ4n) is 3.44. The largest absolute Gasteiger partial charge is 0.497 e. The second-order valence-electron chi connectivity index (χ2n) is 7.03. The first-order valence-corrected chi connectivity index (χ1v) is 11.7. The van der Waals surface area contributed by atoms with E-state index in [1.807, 2.05) is 6.92 Å². The van der Waals surface area contributed by atoms with Crippen LogP contribution < -0.4 is 9.64 Å². The van der Waals surface area contributed by atoms with Gasteiger partial charge in [-0.2, -0.15) is 4.31 Å². The third-order valence-electron chi connectivity index (χ3n) is 5.17. The average molecular weight is 495 g/mol. The van der Waals surface area contributed by atoms with Crippen LogP contribution in [0.25, 0.3) is 0 Å². The summed E-state index contributed by atoms with van der Waals surface area (Å²) in [6, 6.07) is 11.2. The van der Waals surface area contributed by atoms with Crippen LogP contribution in [0.1, 0.15) is 26.7 Å². The zero-order valence-corrected chi connectivity index (χ0v) is 19.3. The van der Waals surface area contributed by atoms with Crippen molar-refractivity contribution in [2.75, 3.05) is 12.0 Å². The van der Waals surface area contributed by atoms with E-state index < -0.39 is 33.9 Å². The summed E-state index contributed by atoms with van der Waals surface area (Å²) in [4.78, 5) is 27.1. The molecule has 2 amide bonds. The first kappa shape index (κ1) is 22.5. The summed E-state index contributed by atoms with van der Waals surface area (Å²) in [7, 11) is -2.47. The van der Waals surface area contributed by atoms with Gasteiger partial charge in [0.1, 0.15) is 11.8 Å². The third kappa shape index (κ3) is 4.14. The summed E-state index contributed by atoms with van der Waals surface area (Å²) >= 11 is 3.30. The van der Waals surface area contributed by atoms with Crippen molar-refractivity contribution in [3.63, 3.8) is 0 Å². The van der Waals surface area contributed by atoms with Crippen LogP contribution in [-0.2, 0) is 19.6 Å². The molecular weight excluding hydrogens is 472 g/mol. The van der Waals surface area contributed by atoms with Crippen LogP contribution in [0.5, 0.6) is 5.75 Å². The number of hydrogen-bond donors (Lipinski definition) is 0. The van der Waals surface area contributed by atoms with Crippen LogP contribution in [0.15, 0.2) is 57.9 Å². The van der Waals surface area contributed by atoms with Gasteiger partial charge >= 0.3 is 0 Å². The van der Waals surface area contributed by atoms with E-state index in [4.69, 9.17) is 4.74 Å². The fourth-order valence-corrected chi connectivity index (χ4v) is 5.55. The summed E-state index contributed by atoms with van der Waals surface area (Å²) in [5.74, 6) is -0.394. The Hall–Kier alpha value is -2.23. The van der Waals surface area contributed by atoms with Gasteiger partial charge in [0, 0.05) is 10.5 Å². The van der Waals surface area contributed by atoms with Gasteiger partial charge in [-0.05, 0) is 61.9 Å². The Kier molecular flexibility index (Phi) is 6.64. The van der Waals surface area contributed by atoms with Crippen LogP contribution in [-0.4, -0.2) is 43.7 Å². The van der Waals surface area contributed by atoms with E-state index in [0.29, 0.717) is 17.9 Å². The van der Waals surface area contributed by atoms with E-state index in [9.17, 15) is 18.0 Å². The summed E-state index contributed by atoms with van der Waals surface area (Å²) in [6.45, 7) is 3.58. The van der Waals surface area contributed by atoms with Crippen molar-refractivity contribution in [2.45, 2.75) is 43.7 Å². The number of imide groups is 1. The molecule has 3 rings (SSSR count). The molecule has 2 unspecified atom stereocenters. The van der Waals surface area contributed by atoms with Crippen molar-refractivity contribution in [3.8, 4) is 5.75 Å². The van der Waals surface area contributed by atoms with Crippen LogP contribution >= 0.6 is 15.9 Å². The molecule has 0 radical (unpaired) electrons. The van der Waals surface area contributed by atoms with E-state index >= 15 is 0 Å². The lowest BCUT2D eigenvalue weighted by molar-refractivity contribution is -0.122. The predicted octanol–water partition coefficient (Wildman–Crippen LogP) is 3.58. The first-order valence-electron chi connectivity index (χ1n) is 9.50. The first-order chi connectivity index (χ1) is 14.2. The number of rotatable bonds is 7. The highest BCUT2D eigenvalue weighted by Gasteiger charge is 2.48. The van der Waals surface area contributed by atoms with Gasteiger partial charge in [-0.25, -0.2) is 13.3 Å². The second-order valence-corrected chi connectivity index (χ2v) is 9.79. The number of hydrogen-bond acceptors (Lipinski definition) is 5. The average Bonchev–Trinajstić information content (AvgIpc) is 3.01. The second kappa shape index (κ2) is 8.87. The molecule has 0 aromatic heterocycles. The van der Waals surface area contributed by atoms with Gasteiger partial charge in [-0.15, -0.1) is 0 Å². The maximum Gasteiger partial charge on any atom is 0.252 e. The molecular formula is C21H23BrN2O5S. The highest BCUT2D eigenvalue weighted by Crippen LogP contribution is 2.32. The molecule has 0 spiro atoms. The molecule has 7 nitrogen and oxygen atoms in total. The summed E-state index contributed by atoms with van der Waals surface area (Å²) in [5.41, 5.74) is 0.387.